The van der Waals surface area contributed by atoms with Crippen molar-refractivity contribution in [3.8, 4) is 0 Å². The fraction of sp³-hybridized carbons (Fsp3) is 0.133. The first kappa shape index (κ1) is 17.4. The van der Waals surface area contributed by atoms with Gasteiger partial charge < -0.3 is 11.1 Å². The van der Waals surface area contributed by atoms with E-state index in [2.05, 4.69) is 5.32 Å². The summed E-state index contributed by atoms with van der Waals surface area (Å²) in [5.41, 5.74) is 5.45. The van der Waals surface area contributed by atoms with Crippen molar-refractivity contribution in [3.63, 3.8) is 0 Å². The van der Waals surface area contributed by atoms with E-state index in [1.165, 1.54) is 12.1 Å². The molecule has 0 aliphatic rings. The van der Waals surface area contributed by atoms with Gasteiger partial charge in [-0.25, -0.2) is 8.42 Å². The van der Waals surface area contributed by atoms with Crippen molar-refractivity contribution < 1.29 is 18.1 Å². The Hall–Kier alpha value is -2.94. The Morgan fingerprint density at radius 3 is 2.33 bits per heavy atom. The molecule has 1 atom stereocenters. The topological polar surface area (TPSA) is 132 Å². The standard InChI is InChI=1S/C15H15N3O5S/c1-24(22,23)11-7-8-12(13(9-11)18(20)21)17-14(15(16)19)10-5-3-2-4-6-10/h2-9,14,17H,1H3,(H2,16,19). The highest BCUT2D eigenvalue weighted by Crippen LogP contribution is 2.30. The molecule has 0 heterocycles. The van der Waals surface area contributed by atoms with E-state index >= 15 is 0 Å². The summed E-state index contributed by atoms with van der Waals surface area (Å²) in [6.07, 6.45) is 0.954. The Bertz CT molecular complexity index is 881. The molecular weight excluding hydrogens is 334 g/mol. The smallest absolute Gasteiger partial charge is 0.293 e. The summed E-state index contributed by atoms with van der Waals surface area (Å²) in [4.78, 5) is 22.0. The molecular formula is C15H15N3O5S. The van der Waals surface area contributed by atoms with Crippen LogP contribution in [-0.4, -0.2) is 25.5 Å². The van der Waals surface area contributed by atoms with E-state index in [9.17, 15) is 23.3 Å². The zero-order valence-electron chi connectivity index (χ0n) is 12.7. The number of hydrogen-bond acceptors (Lipinski definition) is 6. The summed E-state index contributed by atoms with van der Waals surface area (Å²) < 4.78 is 23.1. The van der Waals surface area contributed by atoms with Gasteiger partial charge in [-0.3, -0.25) is 14.9 Å². The second-order valence-electron chi connectivity index (χ2n) is 5.10. The number of anilines is 1. The Morgan fingerprint density at radius 1 is 1.21 bits per heavy atom. The van der Waals surface area contributed by atoms with Crippen molar-refractivity contribution in [3.05, 3.63) is 64.2 Å². The molecule has 0 spiro atoms. The van der Waals surface area contributed by atoms with Gasteiger partial charge in [-0.15, -0.1) is 0 Å². The number of amides is 1. The van der Waals surface area contributed by atoms with Crippen molar-refractivity contribution in [2.75, 3.05) is 11.6 Å². The van der Waals surface area contributed by atoms with Crippen molar-refractivity contribution >= 4 is 27.1 Å². The highest BCUT2D eigenvalue weighted by molar-refractivity contribution is 7.90. The lowest BCUT2D eigenvalue weighted by atomic mass is 10.1. The number of benzene rings is 2. The number of carbonyl (C=O) groups excluding carboxylic acids is 1. The van der Waals surface area contributed by atoms with Crippen LogP contribution in [0, 0.1) is 10.1 Å². The third-order valence-electron chi connectivity index (χ3n) is 3.31. The maximum absolute atomic E-state index is 11.7. The predicted molar refractivity (Wildman–Crippen MR) is 88.2 cm³/mol. The Labute approximate surface area is 138 Å². The molecule has 2 aromatic rings. The van der Waals surface area contributed by atoms with Crippen LogP contribution in [0.4, 0.5) is 11.4 Å². The van der Waals surface area contributed by atoms with Crippen LogP contribution in [-0.2, 0) is 14.6 Å². The van der Waals surface area contributed by atoms with E-state index in [1.807, 2.05) is 0 Å². The second-order valence-corrected chi connectivity index (χ2v) is 7.11. The maximum atomic E-state index is 11.7. The molecule has 1 unspecified atom stereocenters. The Morgan fingerprint density at radius 2 is 1.83 bits per heavy atom. The molecule has 0 aromatic heterocycles. The molecule has 24 heavy (non-hydrogen) atoms. The minimum absolute atomic E-state index is 0.0000491. The fourth-order valence-electron chi connectivity index (χ4n) is 2.13. The van der Waals surface area contributed by atoms with Crippen LogP contribution in [0.25, 0.3) is 0 Å². The normalized spacial score (nSPS) is 12.4. The minimum atomic E-state index is -3.60. The van der Waals surface area contributed by atoms with Gasteiger partial charge in [0, 0.05) is 12.3 Å². The third-order valence-corrected chi connectivity index (χ3v) is 4.42. The van der Waals surface area contributed by atoms with Crippen LogP contribution in [0.1, 0.15) is 11.6 Å². The van der Waals surface area contributed by atoms with Crippen molar-refractivity contribution in [1.29, 1.82) is 0 Å². The third kappa shape index (κ3) is 3.87. The molecule has 2 aromatic carbocycles. The molecule has 2 rings (SSSR count). The van der Waals surface area contributed by atoms with E-state index in [0.29, 0.717) is 5.56 Å². The molecule has 0 saturated carbocycles. The molecule has 3 N–H and O–H groups in total. The molecule has 0 aliphatic carbocycles. The van der Waals surface area contributed by atoms with E-state index < -0.39 is 32.4 Å². The van der Waals surface area contributed by atoms with Crippen molar-refractivity contribution in [2.45, 2.75) is 10.9 Å². The van der Waals surface area contributed by atoms with E-state index in [-0.39, 0.29) is 10.6 Å². The molecule has 0 fully saturated rings. The fourth-order valence-corrected chi connectivity index (χ4v) is 2.78. The average molecular weight is 349 g/mol. The largest absolute Gasteiger partial charge is 0.368 e. The molecule has 0 radical (unpaired) electrons. The van der Waals surface area contributed by atoms with Gasteiger partial charge >= 0.3 is 0 Å². The highest BCUT2D eigenvalue weighted by atomic mass is 32.2. The summed E-state index contributed by atoms with van der Waals surface area (Å²) in [5, 5.41) is 14.0. The molecule has 0 aliphatic heterocycles. The number of primary amides is 1. The number of nitrogens with zero attached hydrogens (tertiary/aromatic N) is 1. The van der Waals surface area contributed by atoms with Crippen molar-refractivity contribution in [2.24, 2.45) is 5.73 Å². The first-order valence-corrected chi connectivity index (χ1v) is 8.68. The second kappa shape index (κ2) is 6.67. The lowest BCUT2D eigenvalue weighted by Gasteiger charge is -2.17. The first-order chi connectivity index (χ1) is 11.2. The van der Waals surface area contributed by atoms with Gasteiger partial charge in [0.05, 0.1) is 9.82 Å². The number of rotatable bonds is 6. The van der Waals surface area contributed by atoms with Crippen LogP contribution in [0.2, 0.25) is 0 Å². The highest BCUT2D eigenvalue weighted by Gasteiger charge is 2.24. The zero-order chi connectivity index (χ0) is 17.9. The molecule has 0 saturated heterocycles. The predicted octanol–water partition coefficient (Wildman–Crippen LogP) is 1.64. The number of nitro groups is 1. The molecule has 0 bridgehead atoms. The molecule has 1 amide bonds. The number of hydrogen-bond donors (Lipinski definition) is 2. The van der Waals surface area contributed by atoms with Gasteiger partial charge in [0.2, 0.25) is 5.91 Å². The van der Waals surface area contributed by atoms with Gasteiger partial charge in [-0.2, -0.15) is 0 Å². The number of nitro benzene ring substituents is 1. The van der Waals surface area contributed by atoms with Gasteiger partial charge in [0.25, 0.3) is 5.69 Å². The van der Waals surface area contributed by atoms with E-state index in [0.717, 1.165) is 12.3 Å². The number of carbonyl (C=O) groups is 1. The van der Waals surface area contributed by atoms with Gasteiger partial charge in [-0.05, 0) is 17.7 Å². The summed E-state index contributed by atoms with van der Waals surface area (Å²) in [6.45, 7) is 0. The van der Waals surface area contributed by atoms with Crippen LogP contribution in [0.5, 0.6) is 0 Å². The Balaban J connectivity index is 2.47. The maximum Gasteiger partial charge on any atom is 0.293 e. The van der Waals surface area contributed by atoms with Crippen LogP contribution in [0.15, 0.2) is 53.4 Å². The number of nitrogens with one attached hydrogen (secondary N) is 1. The molecule has 9 heteroatoms. The van der Waals surface area contributed by atoms with Gasteiger partial charge in [0.1, 0.15) is 11.7 Å². The first-order valence-electron chi connectivity index (χ1n) is 6.79. The SMILES string of the molecule is CS(=O)(=O)c1ccc(NC(C(N)=O)c2ccccc2)c([N+](=O)[O-])c1. The summed E-state index contributed by atoms with van der Waals surface area (Å²) in [5.74, 6) is -0.720. The lowest BCUT2D eigenvalue weighted by molar-refractivity contribution is -0.384. The molecule has 8 nitrogen and oxygen atoms in total. The average Bonchev–Trinajstić information content (AvgIpc) is 2.52. The van der Waals surface area contributed by atoms with Crippen LogP contribution < -0.4 is 11.1 Å². The minimum Gasteiger partial charge on any atom is -0.368 e. The zero-order valence-corrected chi connectivity index (χ0v) is 13.5. The lowest BCUT2D eigenvalue weighted by Crippen LogP contribution is -2.28. The van der Waals surface area contributed by atoms with Gasteiger partial charge in [0.15, 0.2) is 9.84 Å². The van der Waals surface area contributed by atoms with E-state index in [4.69, 9.17) is 5.73 Å². The summed E-state index contributed by atoms with van der Waals surface area (Å²) in [7, 11) is -3.60. The summed E-state index contributed by atoms with van der Waals surface area (Å²) >= 11 is 0. The number of sulfone groups is 1. The Kier molecular flexibility index (Phi) is 4.84. The van der Waals surface area contributed by atoms with Gasteiger partial charge in [-0.1, -0.05) is 30.3 Å². The summed E-state index contributed by atoms with van der Waals surface area (Å²) in [6, 6.07) is 10.9. The quantitative estimate of drug-likeness (QED) is 0.602. The monoisotopic (exact) mass is 349 g/mol. The van der Waals surface area contributed by atoms with Crippen LogP contribution in [0.3, 0.4) is 0 Å². The number of nitrogens with two attached hydrogens (primary N) is 1. The van der Waals surface area contributed by atoms with Crippen molar-refractivity contribution in [1.82, 2.24) is 0 Å². The molecule has 126 valence electrons. The van der Waals surface area contributed by atoms with Crippen LogP contribution >= 0.6 is 0 Å². The van der Waals surface area contributed by atoms with E-state index in [1.54, 1.807) is 30.3 Å².